The topological polar surface area (TPSA) is 99.9 Å². The molecular weight excluding hydrogens is 338 g/mol. The van der Waals surface area contributed by atoms with Gasteiger partial charge in [-0.15, -0.1) is 15.3 Å². The highest BCUT2D eigenvalue weighted by atomic mass is 16.5. The summed E-state index contributed by atoms with van der Waals surface area (Å²) >= 11 is 0. The molecule has 26 heavy (non-hydrogen) atoms. The van der Waals surface area contributed by atoms with Crippen LogP contribution in [0.25, 0.3) is 5.65 Å². The number of fused-ring (bicyclic) bond motifs is 1. The van der Waals surface area contributed by atoms with Gasteiger partial charge in [-0.1, -0.05) is 0 Å². The summed E-state index contributed by atoms with van der Waals surface area (Å²) < 4.78 is 17.1. The molecule has 1 aromatic carbocycles. The Morgan fingerprint density at radius 3 is 2.65 bits per heavy atom. The number of rotatable bonds is 7. The molecular formula is C17H19N5O4. The Morgan fingerprint density at radius 2 is 1.92 bits per heavy atom. The van der Waals surface area contributed by atoms with Crippen LogP contribution in [0.4, 0.5) is 5.69 Å². The Hall–Kier alpha value is -3.36. The van der Waals surface area contributed by atoms with Crippen molar-refractivity contribution in [3.8, 4) is 17.4 Å². The molecule has 0 atom stereocenters. The number of anilines is 1. The SMILES string of the molecule is COc1ccc(OC)c(NC(=O)CCc2nnc3ccc(OC)nn23)c1. The van der Waals surface area contributed by atoms with Gasteiger partial charge in [-0.2, -0.15) is 4.52 Å². The predicted octanol–water partition coefficient (Wildman–Crippen LogP) is 1.72. The molecule has 0 radical (unpaired) electrons. The average Bonchev–Trinajstić information content (AvgIpc) is 3.08. The number of hydrogen-bond donors (Lipinski definition) is 1. The van der Waals surface area contributed by atoms with Gasteiger partial charge < -0.3 is 19.5 Å². The molecule has 0 spiro atoms. The molecule has 1 N–H and O–H groups in total. The monoisotopic (exact) mass is 357 g/mol. The molecule has 2 heterocycles. The van der Waals surface area contributed by atoms with Crippen LogP contribution in [0.5, 0.6) is 17.4 Å². The minimum atomic E-state index is -0.184. The molecule has 3 aromatic rings. The highest BCUT2D eigenvalue weighted by molar-refractivity contribution is 5.92. The first-order valence-electron chi connectivity index (χ1n) is 7.92. The zero-order chi connectivity index (χ0) is 18.5. The number of hydrogen-bond acceptors (Lipinski definition) is 7. The molecule has 136 valence electrons. The third kappa shape index (κ3) is 3.66. The molecule has 0 bridgehead atoms. The number of amides is 1. The number of methoxy groups -OCH3 is 3. The van der Waals surface area contributed by atoms with E-state index in [2.05, 4.69) is 20.6 Å². The van der Waals surface area contributed by atoms with Crippen molar-refractivity contribution in [1.29, 1.82) is 0 Å². The summed E-state index contributed by atoms with van der Waals surface area (Å²) in [4.78, 5) is 12.3. The zero-order valence-corrected chi connectivity index (χ0v) is 14.7. The average molecular weight is 357 g/mol. The molecule has 0 unspecified atom stereocenters. The number of carbonyl (C=O) groups is 1. The van der Waals surface area contributed by atoms with Gasteiger partial charge in [0.2, 0.25) is 11.8 Å². The molecule has 0 aliphatic rings. The summed E-state index contributed by atoms with van der Waals surface area (Å²) in [5.41, 5.74) is 1.14. The highest BCUT2D eigenvalue weighted by Crippen LogP contribution is 2.29. The minimum Gasteiger partial charge on any atom is -0.497 e. The Balaban J connectivity index is 1.70. The quantitative estimate of drug-likeness (QED) is 0.687. The van der Waals surface area contributed by atoms with Gasteiger partial charge in [0.25, 0.3) is 0 Å². The van der Waals surface area contributed by atoms with Crippen LogP contribution in [-0.4, -0.2) is 47.0 Å². The van der Waals surface area contributed by atoms with Crippen molar-refractivity contribution in [2.45, 2.75) is 12.8 Å². The molecule has 9 heteroatoms. The van der Waals surface area contributed by atoms with E-state index in [1.165, 1.54) is 7.11 Å². The molecule has 0 saturated heterocycles. The maximum absolute atomic E-state index is 12.3. The summed E-state index contributed by atoms with van der Waals surface area (Å²) in [5, 5.41) is 15.2. The van der Waals surface area contributed by atoms with Crippen molar-refractivity contribution in [3.63, 3.8) is 0 Å². The standard InChI is InChI=1S/C17H19N5O4/c1-24-11-4-5-13(25-2)12(10-11)18-16(23)8-6-14-19-20-15-7-9-17(26-3)21-22(14)15/h4-5,7,9-10H,6,8H2,1-3H3,(H,18,23). The second kappa shape index (κ2) is 7.68. The maximum Gasteiger partial charge on any atom is 0.231 e. The number of ether oxygens (including phenoxy) is 3. The van der Waals surface area contributed by atoms with Crippen molar-refractivity contribution >= 4 is 17.2 Å². The van der Waals surface area contributed by atoms with Gasteiger partial charge in [0.1, 0.15) is 11.5 Å². The van der Waals surface area contributed by atoms with E-state index in [0.29, 0.717) is 41.0 Å². The third-order valence-corrected chi connectivity index (χ3v) is 3.77. The van der Waals surface area contributed by atoms with E-state index in [1.54, 1.807) is 49.1 Å². The second-order valence-electron chi connectivity index (χ2n) is 5.38. The molecule has 3 rings (SSSR count). The fraction of sp³-hybridized carbons (Fsp3) is 0.294. The lowest BCUT2D eigenvalue weighted by molar-refractivity contribution is -0.116. The molecule has 0 aliphatic heterocycles. The van der Waals surface area contributed by atoms with Crippen LogP contribution in [0.15, 0.2) is 30.3 Å². The van der Waals surface area contributed by atoms with Crippen LogP contribution in [0.3, 0.4) is 0 Å². The number of nitrogens with zero attached hydrogens (tertiary/aromatic N) is 4. The van der Waals surface area contributed by atoms with Crippen molar-refractivity contribution in [2.75, 3.05) is 26.6 Å². The lowest BCUT2D eigenvalue weighted by Crippen LogP contribution is -2.14. The molecule has 0 aliphatic carbocycles. The highest BCUT2D eigenvalue weighted by Gasteiger charge is 2.13. The smallest absolute Gasteiger partial charge is 0.231 e. The Labute approximate surface area is 149 Å². The van der Waals surface area contributed by atoms with Crippen LogP contribution >= 0.6 is 0 Å². The molecule has 0 saturated carbocycles. The van der Waals surface area contributed by atoms with Gasteiger partial charge >= 0.3 is 0 Å². The fourth-order valence-electron chi connectivity index (χ4n) is 2.43. The first kappa shape index (κ1) is 17.5. The van der Waals surface area contributed by atoms with E-state index in [-0.39, 0.29) is 12.3 Å². The number of aryl methyl sites for hydroxylation is 1. The maximum atomic E-state index is 12.3. The normalized spacial score (nSPS) is 10.6. The van der Waals surface area contributed by atoms with E-state index in [0.717, 1.165) is 0 Å². The van der Waals surface area contributed by atoms with Gasteiger partial charge in [-0.05, 0) is 18.2 Å². The van der Waals surface area contributed by atoms with Gasteiger partial charge in [0, 0.05) is 25.0 Å². The van der Waals surface area contributed by atoms with Crippen molar-refractivity contribution < 1.29 is 19.0 Å². The van der Waals surface area contributed by atoms with Crippen LogP contribution < -0.4 is 19.5 Å². The van der Waals surface area contributed by atoms with Gasteiger partial charge in [0.05, 0.1) is 27.0 Å². The van der Waals surface area contributed by atoms with E-state index < -0.39 is 0 Å². The third-order valence-electron chi connectivity index (χ3n) is 3.77. The molecule has 2 aromatic heterocycles. The fourth-order valence-corrected chi connectivity index (χ4v) is 2.43. The summed E-state index contributed by atoms with van der Waals surface area (Å²) in [6, 6.07) is 8.65. The largest absolute Gasteiger partial charge is 0.497 e. The van der Waals surface area contributed by atoms with Crippen LogP contribution in [0.2, 0.25) is 0 Å². The minimum absolute atomic E-state index is 0.184. The van der Waals surface area contributed by atoms with E-state index >= 15 is 0 Å². The van der Waals surface area contributed by atoms with Gasteiger partial charge in [-0.3, -0.25) is 4.79 Å². The molecule has 9 nitrogen and oxygen atoms in total. The van der Waals surface area contributed by atoms with Crippen LogP contribution in [-0.2, 0) is 11.2 Å². The Bertz CT molecular complexity index is 925. The van der Waals surface area contributed by atoms with Gasteiger partial charge in [-0.25, -0.2) is 0 Å². The van der Waals surface area contributed by atoms with Crippen molar-refractivity contribution in [1.82, 2.24) is 19.8 Å². The van der Waals surface area contributed by atoms with Crippen molar-refractivity contribution in [2.24, 2.45) is 0 Å². The summed E-state index contributed by atoms with van der Waals surface area (Å²) in [6.07, 6.45) is 0.583. The Kier molecular flexibility index (Phi) is 5.16. The number of aromatic nitrogens is 4. The van der Waals surface area contributed by atoms with Crippen LogP contribution in [0, 0.1) is 0 Å². The summed E-state index contributed by atoms with van der Waals surface area (Å²) in [6.45, 7) is 0. The summed E-state index contributed by atoms with van der Waals surface area (Å²) in [7, 11) is 4.64. The van der Waals surface area contributed by atoms with E-state index in [4.69, 9.17) is 14.2 Å². The van der Waals surface area contributed by atoms with E-state index in [9.17, 15) is 4.79 Å². The Morgan fingerprint density at radius 1 is 1.08 bits per heavy atom. The first-order valence-corrected chi connectivity index (χ1v) is 7.92. The van der Waals surface area contributed by atoms with Crippen molar-refractivity contribution in [3.05, 3.63) is 36.2 Å². The number of benzene rings is 1. The number of carbonyl (C=O) groups excluding carboxylic acids is 1. The second-order valence-corrected chi connectivity index (χ2v) is 5.38. The first-order chi connectivity index (χ1) is 12.6. The lowest BCUT2D eigenvalue weighted by atomic mass is 10.2. The summed E-state index contributed by atoms with van der Waals surface area (Å²) in [5.74, 6) is 2.02. The lowest BCUT2D eigenvalue weighted by Gasteiger charge is -2.11. The number of nitrogens with one attached hydrogen (secondary N) is 1. The van der Waals surface area contributed by atoms with Gasteiger partial charge in [0.15, 0.2) is 11.5 Å². The van der Waals surface area contributed by atoms with Crippen LogP contribution in [0.1, 0.15) is 12.2 Å². The van der Waals surface area contributed by atoms with E-state index in [1.807, 2.05) is 0 Å². The predicted molar refractivity (Wildman–Crippen MR) is 93.8 cm³/mol. The molecule has 0 fully saturated rings. The molecule has 1 amide bonds. The zero-order valence-electron chi connectivity index (χ0n) is 14.7.